The molecule has 0 radical (unpaired) electrons. The molecule has 1 spiro atoms. The summed E-state index contributed by atoms with van der Waals surface area (Å²) in [7, 11) is 3.16. The molecule has 7 heteroatoms. The maximum atomic E-state index is 12.8. The molecule has 3 heterocycles. The van der Waals surface area contributed by atoms with E-state index in [9.17, 15) is 14.7 Å². The highest BCUT2D eigenvalue weighted by Gasteiger charge is 2.66. The van der Waals surface area contributed by atoms with Gasteiger partial charge in [-0.05, 0) is 24.1 Å². The van der Waals surface area contributed by atoms with Crippen molar-refractivity contribution in [2.45, 2.75) is 18.1 Å². The minimum absolute atomic E-state index is 0.135. The van der Waals surface area contributed by atoms with Crippen LogP contribution in [0.3, 0.4) is 0 Å². The Morgan fingerprint density at radius 3 is 2.81 bits per heavy atom. The Labute approximate surface area is 151 Å². The SMILES string of the molecule is COc1ccc(CCN2C[C@@]34C=C[C@@H](O3)[C@H](C(=O)O)[C@@H]4C2=O)cc1OC. The molecule has 26 heavy (non-hydrogen) atoms. The quantitative estimate of drug-likeness (QED) is 0.766. The van der Waals surface area contributed by atoms with Crippen LogP contribution in [0.2, 0.25) is 0 Å². The van der Waals surface area contributed by atoms with Crippen LogP contribution in [0.4, 0.5) is 0 Å². The standard InChI is InChI=1S/C19H21NO6/c1-24-12-4-3-11(9-14(12)25-2)6-8-20-10-19-7-5-13(26-19)15(18(22)23)16(19)17(20)21/h3-5,7,9,13,15-16H,6,8,10H2,1-2H3,(H,22,23)/t13-,15+,16-,19-/m1/s1. The van der Waals surface area contributed by atoms with Crippen molar-refractivity contribution >= 4 is 11.9 Å². The molecule has 1 aromatic rings. The Balaban J connectivity index is 1.48. The van der Waals surface area contributed by atoms with Gasteiger partial charge in [0.1, 0.15) is 11.5 Å². The van der Waals surface area contributed by atoms with E-state index in [2.05, 4.69) is 0 Å². The van der Waals surface area contributed by atoms with Crippen LogP contribution in [-0.2, 0) is 20.7 Å². The Morgan fingerprint density at radius 2 is 2.12 bits per heavy atom. The number of carbonyl (C=O) groups excluding carboxylic acids is 1. The largest absolute Gasteiger partial charge is 0.493 e. The summed E-state index contributed by atoms with van der Waals surface area (Å²) < 4.78 is 16.4. The lowest BCUT2D eigenvalue weighted by molar-refractivity contribution is -0.148. The zero-order chi connectivity index (χ0) is 18.5. The van der Waals surface area contributed by atoms with Crippen LogP contribution in [0.15, 0.2) is 30.4 Å². The molecule has 2 fully saturated rings. The van der Waals surface area contributed by atoms with E-state index in [1.807, 2.05) is 24.3 Å². The molecule has 0 aliphatic carbocycles. The van der Waals surface area contributed by atoms with Crippen molar-refractivity contribution in [3.8, 4) is 11.5 Å². The fraction of sp³-hybridized carbons (Fsp3) is 0.474. The normalized spacial score (nSPS) is 31.4. The van der Waals surface area contributed by atoms with Crippen molar-refractivity contribution in [3.63, 3.8) is 0 Å². The first-order chi connectivity index (χ1) is 12.5. The van der Waals surface area contributed by atoms with Gasteiger partial charge >= 0.3 is 5.97 Å². The first kappa shape index (κ1) is 16.9. The van der Waals surface area contributed by atoms with Crippen molar-refractivity contribution in [2.24, 2.45) is 11.8 Å². The van der Waals surface area contributed by atoms with E-state index in [1.54, 1.807) is 25.2 Å². The highest BCUT2D eigenvalue weighted by atomic mass is 16.5. The van der Waals surface area contributed by atoms with Gasteiger partial charge in [0, 0.05) is 6.54 Å². The maximum Gasteiger partial charge on any atom is 0.310 e. The van der Waals surface area contributed by atoms with Crippen LogP contribution in [0.5, 0.6) is 11.5 Å². The lowest BCUT2D eigenvalue weighted by atomic mass is 9.77. The van der Waals surface area contributed by atoms with Gasteiger partial charge in [-0.1, -0.05) is 18.2 Å². The molecule has 138 valence electrons. The Hall–Kier alpha value is -2.54. The number of ether oxygens (including phenoxy) is 3. The molecule has 0 unspecified atom stereocenters. The van der Waals surface area contributed by atoms with Gasteiger partial charge in [-0.3, -0.25) is 9.59 Å². The average molecular weight is 359 g/mol. The molecule has 1 aromatic carbocycles. The monoisotopic (exact) mass is 359 g/mol. The number of benzene rings is 1. The average Bonchev–Trinajstić information content (AvgIpc) is 3.27. The van der Waals surface area contributed by atoms with Crippen LogP contribution in [0.1, 0.15) is 5.56 Å². The molecule has 1 amide bonds. The van der Waals surface area contributed by atoms with Crippen molar-refractivity contribution in [1.29, 1.82) is 0 Å². The second-order valence-corrected chi connectivity index (χ2v) is 6.94. The number of likely N-dealkylation sites (tertiary alicyclic amines) is 1. The number of hydrogen-bond donors (Lipinski definition) is 1. The molecule has 3 aliphatic heterocycles. The van der Waals surface area contributed by atoms with E-state index < -0.39 is 29.5 Å². The van der Waals surface area contributed by atoms with Crippen molar-refractivity contribution in [3.05, 3.63) is 35.9 Å². The highest BCUT2D eigenvalue weighted by Crippen LogP contribution is 2.51. The summed E-state index contributed by atoms with van der Waals surface area (Å²) in [6.07, 6.45) is 3.80. The van der Waals surface area contributed by atoms with Gasteiger partial charge in [0.25, 0.3) is 0 Å². The Morgan fingerprint density at radius 1 is 1.35 bits per heavy atom. The molecule has 4 rings (SSSR count). The number of aliphatic carboxylic acids is 1. The third kappa shape index (κ3) is 2.38. The minimum atomic E-state index is -0.971. The molecular weight excluding hydrogens is 338 g/mol. The predicted molar refractivity (Wildman–Crippen MR) is 91.2 cm³/mol. The summed E-state index contributed by atoms with van der Waals surface area (Å²) >= 11 is 0. The number of hydrogen-bond acceptors (Lipinski definition) is 5. The number of nitrogens with zero attached hydrogens (tertiary/aromatic N) is 1. The van der Waals surface area contributed by atoms with Gasteiger partial charge in [0.05, 0.1) is 32.8 Å². The molecule has 2 saturated heterocycles. The molecule has 1 N–H and O–H groups in total. The van der Waals surface area contributed by atoms with E-state index in [-0.39, 0.29) is 5.91 Å². The van der Waals surface area contributed by atoms with Crippen LogP contribution in [0, 0.1) is 11.8 Å². The fourth-order valence-electron chi connectivity index (χ4n) is 4.35. The van der Waals surface area contributed by atoms with Crippen molar-refractivity contribution < 1.29 is 28.9 Å². The third-order valence-electron chi connectivity index (χ3n) is 5.58. The number of amides is 1. The molecule has 3 aliphatic rings. The van der Waals surface area contributed by atoms with Gasteiger partial charge in [-0.15, -0.1) is 0 Å². The molecule has 0 aromatic heterocycles. The molecular formula is C19H21NO6. The number of methoxy groups -OCH3 is 2. The van der Waals surface area contributed by atoms with E-state index in [0.717, 1.165) is 5.56 Å². The Kier molecular flexibility index (Phi) is 3.91. The van der Waals surface area contributed by atoms with Gasteiger partial charge in [-0.25, -0.2) is 0 Å². The molecule has 2 bridgehead atoms. The van der Waals surface area contributed by atoms with Crippen LogP contribution in [0.25, 0.3) is 0 Å². The zero-order valence-electron chi connectivity index (χ0n) is 14.7. The van der Waals surface area contributed by atoms with Crippen LogP contribution < -0.4 is 9.47 Å². The predicted octanol–water partition coefficient (Wildman–Crippen LogP) is 1.11. The summed E-state index contributed by atoms with van der Waals surface area (Å²) in [6, 6.07) is 5.66. The summed E-state index contributed by atoms with van der Waals surface area (Å²) in [5, 5.41) is 9.49. The molecule has 0 saturated carbocycles. The zero-order valence-corrected chi connectivity index (χ0v) is 14.7. The van der Waals surface area contributed by atoms with Gasteiger partial charge in [-0.2, -0.15) is 0 Å². The van der Waals surface area contributed by atoms with E-state index in [0.29, 0.717) is 31.0 Å². The first-order valence-electron chi connectivity index (χ1n) is 8.59. The first-order valence-corrected chi connectivity index (χ1v) is 8.59. The number of carboxylic acid groups (broad SMARTS) is 1. The highest BCUT2D eigenvalue weighted by molar-refractivity contribution is 5.90. The van der Waals surface area contributed by atoms with Gasteiger partial charge in [0.2, 0.25) is 5.91 Å². The lowest BCUT2D eigenvalue weighted by Crippen LogP contribution is -2.39. The fourth-order valence-corrected chi connectivity index (χ4v) is 4.35. The summed E-state index contributed by atoms with van der Waals surface area (Å²) in [4.78, 5) is 26.1. The summed E-state index contributed by atoms with van der Waals surface area (Å²) in [5.74, 6) is -1.23. The second kappa shape index (κ2) is 6.02. The van der Waals surface area contributed by atoms with Crippen LogP contribution >= 0.6 is 0 Å². The summed E-state index contributed by atoms with van der Waals surface area (Å²) in [6.45, 7) is 0.904. The topological polar surface area (TPSA) is 85.3 Å². The van der Waals surface area contributed by atoms with E-state index >= 15 is 0 Å². The molecule has 7 nitrogen and oxygen atoms in total. The maximum absolute atomic E-state index is 12.8. The Bertz CT molecular complexity index is 790. The third-order valence-corrected chi connectivity index (χ3v) is 5.58. The van der Waals surface area contributed by atoms with E-state index in [4.69, 9.17) is 14.2 Å². The number of carbonyl (C=O) groups is 2. The minimum Gasteiger partial charge on any atom is -0.493 e. The van der Waals surface area contributed by atoms with E-state index in [1.165, 1.54) is 0 Å². The van der Waals surface area contributed by atoms with Gasteiger partial charge in [0.15, 0.2) is 11.5 Å². The van der Waals surface area contributed by atoms with Crippen LogP contribution in [-0.4, -0.2) is 60.9 Å². The van der Waals surface area contributed by atoms with Crippen molar-refractivity contribution in [2.75, 3.05) is 27.3 Å². The number of carboxylic acids is 1. The number of fused-ring (bicyclic) bond motifs is 1. The molecule has 4 atom stereocenters. The summed E-state index contributed by atoms with van der Waals surface area (Å²) in [5.41, 5.74) is 0.239. The number of rotatable bonds is 6. The lowest BCUT2D eigenvalue weighted by Gasteiger charge is -2.21. The van der Waals surface area contributed by atoms with Crippen molar-refractivity contribution in [1.82, 2.24) is 4.90 Å². The smallest absolute Gasteiger partial charge is 0.310 e. The second-order valence-electron chi connectivity index (χ2n) is 6.94. The van der Waals surface area contributed by atoms with Gasteiger partial charge < -0.3 is 24.2 Å².